The Balaban J connectivity index is 1.13. The van der Waals surface area contributed by atoms with E-state index in [2.05, 4.69) is 21.8 Å². The Morgan fingerprint density at radius 3 is 2.72 bits per heavy atom. The minimum atomic E-state index is -0.280. The minimum absolute atomic E-state index is 0.0692. The molecule has 3 aromatic rings. The van der Waals surface area contributed by atoms with Gasteiger partial charge in [0.2, 0.25) is 5.95 Å². The van der Waals surface area contributed by atoms with Gasteiger partial charge in [-0.25, -0.2) is 9.31 Å². The molecule has 2 N–H and O–H groups in total. The lowest BCUT2D eigenvalue weighted by Gasteiger charge is -2.27. The highest BCUT2D eigenvalue weighted by Crippen LogP contribution is 2.55. The maximum Gasteiger partial charge on any atom is 0.410 e. The lowest BCUT2D eigenvalue weighted by atomic mass is 9.93. The van der Waals surface area contributed by atoms with Gasteiger partial charge in [0.05, 0.1) is 6.61 Å². The summed E-state index contributed by atoms with van der Waals surface area (Å²) >= 11 is 0. The van der Waals surface area contributed by atoms with Gasteiger partial charge in [-0.15, -0.1) is 5.10 Å². The number of hydrogen-bond donors (Lipinski definition) is 2. The summed E-state index contributed by atoms with van der Waals surface area (Å²) in [6, 6.07) is 11.8. The number of rotatable bonds is 6. The number of amides is 2. The molecule has 3 aliphatic rings. The van der Waals surface area contributed by atoms with Crippen LogP contribution in [0.25, 0.3) is 11.2 Å². The van der Waals surface area contributed by atoms with Gasteiger partial charge in [0.25, 0.3) is 5.91 Å². The van der Waals surface area contributed by atoms with Crippen LogP contribution < -0.4 is 10.6 Å². The fourth-order valence-corrected chi connectivity index (χ4v) is 6.01. The van der Waals surface area contributed by atoms with Crippen LogP contribution in [0.3, 0.4) is 0 Å². The summed E-state index contributed by atoms with van der Waals surface area (Å²) in [4.78, 5) is 33.6. The number of benzene rings is 1. The number of anilines is 2. The zero-order chi connectivity index (χ0) is 27.0. The number of hydrogen-bond acceptors (Lipinski definition) is 7. The number of nitrogens with one attached hydrogen (secondary N) is 2. The van der Waals surface area contributed by atoms with Crippen LogP contribution in [-0.4, -0.2) is 82.3 Å². The van der Waals surface area contributed by atoms with Crippen molar-refractivity contribution < 1.29 is 14.3 Å². The fraction of sp³-hybridized carbons (Fsp3) is 0.448. The summed E-state index contributed by atoms with van der Waals surface area (Å²) in [5, 5.41) is 11.3. The van der Waals surface area contributed by atoms with Crippen LogP contribution in [0.4, 0.5) is 16.4 Å². The number of piperidine rings is 1. The molecular weight excluding hydrogens is 494 g/mol. The molecule has 204 valence electrons. The smallest absolute Gasteiger partial charge is 0.410 e. The van der Waals surface area contributed by atoms with Gasteiger partial charge < -0.3 is 25.2 Å². The second kappa shape index (κ2) is 10.3. The van der Waals surface area contributed by atoms with Gasteiger partial charge in [-0.05, 0) is 93.1 Å². The maximum absolute atomic E-state index is 13.1. The Morgan fingerprint density at radius 1 is 1.21 bits per heavy atom. The Bertz CT molecular complexity index is 1410. The van der Waals surface area contributed by atoms with Crippen molar-refractivity contribution >= 4 is 34.9 Å². The van der Waals surface area contributed by atoms with E-state index in [-0.39, 0.29) is 12.0 Å². The highest BCUT2D eigenvalue weighted by Gasteiger charge is 2.56. The normalized spacial score (nSPS) is 20.0. The Kier molecular flexibility index (Phi) is 6.72. The lowest BCUT2D eigenvalue weighted by Crippen LogP contribution is -2.37. The first-order chi connectivity index (χ1) is 19.0. The van der Waals surface area contributed by atoms with Gasteiger partial charge in [0.15, 0.2) is 5.65 Å². The van der Waals surface area contributed by atoms with E-state index in [4.69, 9.17) is 9.72 Å². The van der Waals surface area contributed by atoms with Crippen LogP contribution in [-0.2, 0) is 4.74 Å². The first-order valence-corrected chi connectivity index (χ1v) is 13.8. The number of nitrogens with zero attached hydrogens (tertiary/aromatic N) is 5. The number of ether oxygens (including phenoxy) is 1. The first-order valence-electron chi connectivity index (χ1n) is 13.8. The lowest BCUT2D eigenvalue weighted by molar-refractivity contribution is 0.0755. The molecule has 1 unspecified atom stereocenters. The molecule has 0 radical (unpaired) electrons. The zero-order valence-corrected chi connectivity index (χ0v) is 22.5. The topological polar surface area (TPSA) is 104 Å². The molecule has 2 aliphatic heterocycles. The molecule has 39 heavy (non-hydrogen) atoms. The summed E-state index contributed by atoms with van der Waals surface area (Å²) in [5.74, 6) is 0.550. The molecule has 10 nitrogen and oxygen atoms in total. The van der Waals surface area contributed by atoms with Crippen LogP contribution in [0.15, 0.2) is 48.7 Å². The van der Waals surface area contributed by atoms with Crippen LogP contribution >= 0.6 is 0 Å². The molecule has 2 fully saturated rings. The molecule has 1 aliphatic carbocycles. The van der Waals surface area contributed by atoms with Crippen molar-refractivity contribution in [2.24, 2.45) is 5.41 Å². The molecule has 10 heteroatoms. The standard InChI is InChI=1S/C29H35N7O3/c1-3-39-28(38)35-17-10-20(11-18-35)23-5-4-16-36-25(23)32-27(33-36)31-22-8-6-21(7-9-22)26(37)34(2)24-19-29(24)12-14-30-15-13-29/h4-10,16,24,30H,3,11-15,17-19H2,1-2H3,(H,31,33). The number of pyridine rings is 1. The molecule has 1 saturated carbocycles. The highest BCUT2D eigenvalue weighted by molar-refractivity contribution is 5.95. The SMILES string of the molecule is CCOC(=O)N1CC=C(c2cccn3nc(Nc4ccc(C(=O)N(C)C5CC56CCNCC6)cc4)nc23)CC1. The van der Waals surface area contributed by atoms with Gasteiger partial charge in [-0.3, -0.25) is 4.79 Å². The Morgan fingerprint density at radius 2 is 2.00 bits per heavy atom. The maximum atomic E-state index is 13.1. The van der Waals surface area contributed by atoms with Crippen LogP contribution in [0.5, 0.6) is 0 Å². The summed E-state index contributed by atoms with van der Waals surface area (Å²) in [6.45, 7) is 5.38. The van der Waals surface area contributed by atoms with Crippen molar-refractivity contribution in [1.82, 2.24) is 29.7 Å². The van der Waals surface area contributed by atoms with Crippen LogP contribution in [0, 0.1) is 5.41 Å². The third-order valence-electron chi connectivity index (χ3n) is 8.37. The zero-order valence-electron chi connectivity index (χ0n) is 22.5. The van der Waals surface area contributed by atoms with E-state index in [0.29, 0.717) is 42.7 Å². The average molecular weight is 530 g/mol. The van der Waals surface area contributed by atoms with Gasteiger partial charge in [-0.1, -0.05) is 6.08 Å². The Labute approximate surface area is 228 Å². The molecule has 4 heterocycles. The molecule has 2 amide bonds. The van der Waals surface area contributed by atoms with Gasteiger partial charge >= 0.3 is 6.09 Å². The quantitative estimate of drug-likeness (QED) is 0.499. The third-order valence-corrected chi connectivity index (χ3v) is 8.37. The molecule has 1 saturated heterocycles. The van der Waals surface area contributed by atoms with Gasteiger partial charge in [-0.2, -0.15) is 4.98 Å². The molecule has 1 spiro atoms. The van der Waals surface area contributed by atoms with Crippen LogP contribution in [0.1, 0.15) is 48.5 Å². The molecule has 6 rings (SSSR count). The predicted molar refractivity (Wildman–Crippen MR) is 149 cm³/mol. The van der Waals surface area contributed by atoms with Crippen molar-refractivity contribution in [3.05, 3.63) is 59.8 Å². The predicted octanol–water partition coefficient (Wildman–Crippen LogP) is 3.93. The van der Waals surface area contributed by atoms with Crippen molar-refractivity contribution in [2.75, 3.05) is 45.2 Å². The van der Waals surface area contributed by atoms with E-state index in [1.54, 1.807) is 9.42 Å². The number of aromatic nitrogens is 3. The van der Waals surface area contributed by atoms with Crippen LogP contribution in [0.2, 0.25) is 0 Å². The third kappa shape index (κ3) is 4.96. The summed E-state index contributed by atoms with van der Waals surface area (Å²) in [5.41, 5.74) is 4.70. The number of fused-ring (bicyclic) bond motifs is 1. The first kappa shape index (κ1) is 25.4. The monoisotopic (exact) mass is 529 g/mol. The molecular formula is C29H35N7O3. The van der Waals surface area contributed by atoms with E-state index in [0.717, 1.165) is 61.2 Å². The van der Waals surface area contributed by atoms with Gasteiger partial charge in [0, 0.05) is 49.2 Å². The fourth-order valence-electron chi connectivity index (χ4n) is 6.01. The second-order valence-electron chi connectivity index (χ2n) is 10.7. The van der Waals surface area contributed by atoms with E-state index < -0.39 is 0 Å². The van der Waals surface area contributed by atoms with Gasteiger partial charge in [0.1, 0.15) is 0 Å². The summed E-state index contributed by atoms with van der Waals surface area (Å²) < 4.78 is 6.88. The molecule has 2 aromatic heterocycles. The number of carbonyl (C=O) groups excluding carboxylic acids is 2. The van der Waals surface area contributed by atoms with E-state index in [1.165, 1.54) is 0 Å². The van der Waals surface area contributed by atoms with E-state index in [9.17, 15) is 9.59 Å². The molecule has 1 atom stereocenters. The molecule has 0 bridgehead atoms. The van der Waals surface area contributed by atoms with Crippen molar-refractivity contribution in [2.45, 2.75) is 38.6 Å². The average Bonchev–Trinajstić information content (AvgIpc) is 3.48. The van der Waals surface area contributed by atoms with Crippen molar-refractivity contribution in [3.63, 3.8) is 0 Å². The molecule has 1 aromatic carbocycles. The minimum Gasteiger partial charge on any atom is -0.450 e. The highest BCUT2D eigenvalue weighted by atomic mass is 16.6. The van der Waals surface area contributed by atoms with E-state index >= 15 is 0 Å². The summed E-state index contributed by atoms with van der Waals surface area (Å²) in [7, 11) is 1.93. The van der Waals surface area contributed by atoms with E-state index in [1.807, 2.05) is 61.5 Å². The summed E-state index contributed by atoms with van der Waals surface area (Å²) in [6.07, 6.45) is 7.77. The second-order valence-corrected chi connectivity index (χ2v) is 10.7. The number of carbonyl (C=O) groups is 2. The largest absolute Gasteiger partial charge is 0.450 e. The Hall–Kier alpha value is -3.92. The van der Waals surface area contributed by atoms with Crippen molar-refractivity contribution in [1.29, 1.82) is 0 Å². The van der Waals surface area contributed by atoms with Crippen molar-refractivity contribution in [3.8, 4) is 0 Å².